The van der Waals surface area contributed by atoms with Crippen LogP contribution in [-0.2, 0) is 0 Å². The molecule has 0 heterocycles. The molecule has 0 N–H and O–H groups in total. The Kier molecular flexibility index (Phi) is 30.0. The second-order valence-electron chi connectivity index (χ2n) is 28.5. The summed E-state index contributed by atoms with van der Waals surface area (Å²) in [7, 11) is 0. The van der Waals surface area contributed by atoms with Crippen molar-refractivity contribution in [3.63, 3.8) is 0 Å². The van der Waals surface area contributed by atoms with Crippen LogP contribution in [-0.4, -0.2) is 42.7 Å². The first-order valence-corrected chi connectivity index (χ1v) is 30.6. The van der Waals surface area contributed by atoms with E-state index >= 15 is 0 Å². The molecule has 9 unspecified atom stereocenters. The summed E-state index contributed by atoms with van der Waals surface area (Å²) >= 11 is 0. The molecule has 9 aliphatic carbocycles. The number of rotatable bonds is 0. The van der Waals surface area contributed by atoms with Crippen molar-refractivity contribution in [3.8, 4) is 0 Å². The predicted molar refractivity (Wildman–Crippen MR) is 292 cm³/mol. The molecule has 9 rings (SSSR count). The van der Waals surface area contributed by atoms with Gasteiger partial charge in [0, 0.05) is 0 Å². The summed E-state index contributed by atoms with van der Waals surface area (Å²) in [4.78, 5) is 0. The summed E-state index contributed by atoms with van der Waals surface area (Å²) in [6.07, 6.45) is -8.86. The Labute approximate surface area is 482 Å². The largest absolute Gasteiger partial charge is 0.394 e. The first kappa shape index (κ1) is 78.7. The van der Waals surface area contributed by atoms with Crippen LogP contribution in [0.2, 0.25) is 0 Å². The third-order valence-corrected chi connectivity index (χ3v) is 20.9. The molecule has 9 aliphatic rings. The van der Waals surface area contributed by atoms with Gasteiger partial charge in [-0.15, -0.1) is 0 Å². The summed E-state index contributed by atoms with van der Waals surface area (Å²) in [5, 5.41) is 0. The maximum absolute atomic E-state index is 13.0. The van der Waals surface area contributed by atoms with Crippen LogP contribution in [0.15, 0.2) is 0 Å². The molecule has 9 saturated carbocycles. The van der Waals surface area contributed by atoms with E-state index in [0.29, 0.717) is 43.9 Å². The van der Waals surface area contributed by atoms with Gasteiger partial charge >= 0.3 is 37.1 Å². The van der Waals surface area contributed by atoms with Crippen molar-refractivity contribution in [2.75, 3.05) is 0 Å². The highest BCUT2D eigenvalue weighted by atomic mass is 19.4. The topological polar surface area (TPSA) is 0 Å². The molecule has 2 bridgehead atoms. The van der Waals surface area contributed by atoms with E-state index in [2.05, 4.69) is 20.8 Å². The maximum Gasteiger partial charge on any atom is 0.394 e. The quantitative estimate of drug-likeness (QED) is 0.212. The third kappa shape index (κ3) is 23.6. The number of hydrogen-bond donors (Lipinski definition) is 0. The molecular formula is C63H107F19. The van der Waals surface area contributed by atoms with Gasteiger partial charge in [0.15, 0.2) is 0 Å². The van der Waals surface area contributed by atoms with Crippen molar-refractivity contribution in [2.24, 2.45) is 111 Å². The molecule has 0 aromatic carbocycles. The highest BCUT2D eigenvalue weighted by molar-refractivity contribution is 5.12. The number of alkyl halides is 19. The molecule has 0 aromatic heterocycles. The number of halogens is 19. The van der Waals surface area contributed by atoms with Crippen molar-refractivity contribution in [3.05, 3.63) is 0 Å². The Hall–Kier alpha value is -1.33. The Balaban J connectivity index is 0.000000481. The first-order valence-electron chi connectivity index (χ1n) is 30.6. The SMILES string of the molecule is C.CC1CC(C(F)(F)F)C[C@@H](C)C1.CC1CCC(C)(C(F)(F)F)CC1.CC1CCC(C)(F)CC1.CC1CCC(C)CC1.CC1CCCC(C(F)(F)F)[C@@H]1C.CC1C[C@H](C)CC(C(F)(F)F)C1C(F)(F)F.CC1[C@H]2CC[C@@H]1C2(C)C(F)(F)F. The molecule has 82 heavy (non-hydrogen) atoms. The Morgan fingerprint density at radius 3 is 1.01 bits per heavy atom. The summed E-state index contributed by atoms with van der Waals surface area (Å²) in [6.45, 7) is 25.7. The molecule has 0 radical (unpaired) electrons. The average Bonchev–Trinajstić information content (AvgIpc) is 3.90. The lowest BCUT2D eigenvalue weighted by Gasteiger charge is -2.53. The Morgan fingerprint density at radius 1 is 0.329 bits per heavy atom. The summed E-state index contributed by atoms with van der Waals surface area (Å²) in [5.41, 5.74) is -3.58. The fraction of sp³-hybridized carbons (Fsp3) is 1.00. The highest BCUT2D eigenvalue weighted by Crippen LogP contribution is 2.71. The van der Waals surface area contributed by atoms with E-state index in [1.165, 1.54) is 46.5 Å². The van der Waals surface area contributed by atoms with E-state index in [0.717, 1.165) is 88.4 Å². The van der Waals surface area contributed by atoms with Gasteiger partial charge in [-0.2, -0.15) is 79.0 Å². The lowest BCUT2D eigenvalue weighted by Crippen LogP contribution is -2.56. The first-order chi connectivity index (χ1) is 36.5. The van der Waals surface area contributed by atoms with E-state index in [-0.39, 0.29) is 55.3 Å². The molecule has 19 heteroatoms. The number of hydrogen-bond acceptors (Lipinski definition) is 0. The number of fused-ring (bicyclic) bond motifs is 1. The Bertz CT molecular complexity index is 1720. The zero-order valence-electron chi connectivity index (χ0n) is 51.1. The minimum atomic E-state index is -4.76. The van der Waals surface area contributed by atoms with Crippen LogP contribution in [0.5, 0.6) is 0 Å². The van der Waals surface area contributed by atoms with Crippen LogP contribution in [0.3, 0.4) is 0 Å². The molecule has 0 spiro atoms. The van der Waals surface area contributed by atoms with E-state index in [4.69, 9.17) is 0 Å². The second-order valence-corrected chi connectivity index (χ2v) is 28.5. The van der Waals surface area contributed by atoms with Gasteiger partial charge in [0.05, 0.1) is 34.5 Å². The van der Waals surface area contributed by atoms with Crippen LogP contribution in [0.1, 0.15) is 246 Å². The van der Waals surface area contributed by atoms with Gasteiger partial charge in [-0.05, 0) is 187 Å². The van der Waals surface area contributed by atoms with Gasteiger partial charge in [0.25, 0.3) is 0 Å². The maximum atomic E-state index is 13.0. The molecule has 0 amide bonds. The van der Waals surface area contributed by atoms with Crippen LogP contribution in [0.25, 0.3) is 0 Å². The molecule has 9 fully saturated rings. The van der Waals surface area contributed by atoms with E-state index < -0.39 is 89.6 Å². The molecular weight excluding hydrogens is 1120 g/mol. The summed E-state index contributed by atoms with van der Waals surface area (Å²) in [6, 6.07) is 0. The van der Waals surface area contributed by atoms with Crippen molar-refractivity contribution in [1.29, 1.82) is 0 Å². The van der Waals surface area contributed by atoms with Gasteiger partial charge in [0.2, 0.25) is 0 Å². The van der Waals surface area contributed by atoms with Gasteiger partial charge in [-0.25, -0.2) is 4.39 Å². The van der Waals surface area contributed by atoms with Crippen LogP contribution in [0, 0.1) is 111 Å². The van der Waals surface area contributed by atoms with Crippen LogP contribution < -0.4 is 0 Å². The molecule has 14 atom stereocenters. The predicted octanol–water partition coefficient (Wildman–Crippen LogP) is 25.0. The average molecular weight is 1230 g/mol. The molecule has 492 valence electrons. The fourth-order valence-electron chi connectivity index (χ4n) is 14.9. The second kappa shape index (κ2) is 31.2. The van der Waals surface area contributed by atoms with Gasteiger partial charge in [-0.3, -0.25) is 0 Å². The lowest BCUT2D eigenvalue weighted by atomic mass is 9.53. The van der Waals surface area contributed by atoms with E-state index in [1.807, 2.05) is 34.6 Å². The van der Waals surface area contributed by atoms with Crippen LogP contribution in [0.4, 0.5) is 83.4 Å². The van der Waals surface area contributed by atoms with Gasteiger partial charge in [0.1, 0.15) is 5.67 Å². The molecule has 0 aromatic rings. The normalized spacial score (nSPS) is 40.6. The third-order valence-electron chi connectivity index (χ3n) is 20.9. The standard InChI is InChI=1S/C10H14F6.C9H13F3.3C9H15F3.C8H15F.C8H16.CH4/c1-5-3-6(2)8(10(14,15)16)7(4-5)9(11,12)13;1-5-6-3-4-7(5)8(6,2)9(10,11)12;1-6-3-7(2)5-8(4-6)9(10,11)12;1-7-3-5-8(2,6-4-7)9(10,11)12;1-6-4-3-5-8(7(6)2)9(10,11)12;1-7-3-5-8(2,9)6-4-7;1-7-3-5-8(2)6-4-7;/h5-8H,3-4H2,1-2H3;5-7H,3-4H2,1-2H3;6-8H,3-5H2,1-2H3;7H,3-6H2,1-2H3;6-8H,3-5H2,1-2H3;7H,3-6H2,1-2H3;7-8H,3-6H2,1-2H3;1H4/t5-,6?,7?,8?;5?,6-,7+,8?;6-,7?,8?;;6?,7-,8?;;;/m0.0.1.../s1. The zero-order valence-corrected chi connectivity index (χ0v) is 51.1. The van der Waals surface area contributed by atoms with Gasteiger partial charge in [-0.1, -0.05) is 136 Å². The molecule has 0 nitrogen and oxygen atoms in total. The Morgan fingerprint density at radius 2 is 0.707 bits per heavy atom. The minimum absolute atomic E-state index is 0. The van der Waals surface area contributed by atoms with E-state index in [1.54, 1.807) is 20.8 Å². The van der Waals surface area contributed by atoms with Crippen LogP contribution >= 0.6 is 0 Å². The molecule has 0 aliphatic heterocycles. The zero-order chi connectivity index (χ0) is 62.9. The van der Waals surface area contributed by atoms with Crippen molar-refractivity contribution in [1.82, 2.24) is 0 Å². The monoisotopic (exact) mass is 1220 g/mol. The molecule has 0 saturated heterocycles. The summed E-state index contributed by atoms with van der Waals surface area (Å²) in [5.74, 6) is -3.97. The van der Waals surface area contributed by atoms with Crippen molar-refractivity contribution in [2.45, 2.75) is 288 Å². The van der Waals surface area contributed by atoms with Gasteiger partial charge < -0.3 is 0 Å². The highest BCUT2D eigenvalue weighted by Gasteiger charge is 2.72. The van der Waals surface area contributed by atoms with Crippen molar-refractivity contribution < 1.29 is 83.4 Å². The fourth-order valence-corrected chi connectivity index (χ4v) is 14.9. The van der Waals surface area contributed by atoms with E-state index in [9.17, 15) is 83.4 Å². The summed E-state index contributed by atoms with van der Waals surface area (Å²) < 4.78 is 238. The lowest BCUT2D eigenvalue weighted by molar-refractivity contribution is -0.291. The smallest absolute Gasteiger partial charge is 0.244 e. The minimum Gasteiger partial charge on any atom is -0.244 e. The van der Waals surface area contributed by atoms with Crippen molar-refractivity contribution >= 4 is 0 Å².